The number of hydrogen-bond acceptors (Lipinski definition) is 5. The molecule has 2 amide bonds. The van der Waals surface area contributed by atoms with E-state index in [2.05, 4.69) is 15.5 Å². The second-order valence-corrected chi connectivity index (χ2v) is 8.78. The maximum atomic E-state index is 13.6. The Morgan fingerprint density at radius 1 is 1.22 bits per heavy atom. The van der Waals surface area contributed by atoms with Gasteiger partial charge in [0.25, 0.3) is 0 Å². The third-order valence-corrected chi connectivity index (χ3v) is 7.09. The van der Waals surface area contributed by atoms with E-state index in [1.807, 2.05) is 25.1 Å². The molecule has 3 atom stereocenters. The number of anilines is 2. The Balaban J connectivity index is 1.47. The summed E-state index contributed by atoms with van der Waals surface area (Å²) in [5.74, 6) is -1.17. The summed E-state index contributed by atoms with van der Waals surface area (Å²) in [6.45, 7) is 4.86. The molecule has 7 heteroatoms. The normalized spacial score (nSPS) is 26.0. The van der Waals surface area contributed by atoms with Crippen LogP contribution in [0.2, 0.25) is 0 Å². The molecule has 3 unspecified atom stereocenters. The van der Waals surface area contributed by atoms with Crippen molar-refractivity contribution in [2.45, 2.75) is 44.7 Å². The summed E-state index contributed by atoms with van der Waals surface area (Å²) in [7, 11) is 0. The fraction of sp³-hybridized carbons (Fsp3) is 0.400. The van der Waals surface area contributed by atoms with E-state index in [1.54, 1.807) is 31.2 Å². The number of carbonyl (C=O) groups is 3. The molecule has 2 aromatic carbocycles. The molecule has 0 saturated carbocycles. The van der Waals surface area contributed by atoms with E-state index in [9.17, 15) is 14.4 Å². The second kappa shape index (κ2) is 7.74. The zero-order valence-corrected chi connectivity index (χ0v) is 18.3. The minimum absolute atomic E-state index is 0.107. The van der Waals surface area contributed by atoms with E-state index in [1.165, 1.54) is 0 Å². The summed E-state index contributed by atoms with van der Waals surface area (Å²) in [5, 5.41) is 6.07. The first-order valence-corrected chi connectivity index (χ1v) is 11.2. The number of benzene rings is 2. The number of nitrogens with zero attached hydrogens (tertiary/aromatic N) is 1. The zero-order chi connectivity index (χ0) is 22.5. The van der Waals surface area contributed by atoms with Crippen LogP contribution < -0.4 is 10.6 Å². The predicted molar refractivity (Wildman–Crippen MR) is 120 cm³/mol. The van der Waals surface area contributed by atoms with Crippen LogP contribution in [0.5, 0.6) is 0 Å². The molecule has 1 spiro atoms. The number of amides is 2. The minimum atomic E-state index is -0.975. The van der Waals surface area contributed by atoms with Crippen LogP contribution in [0.1, 0.15) is 47.7 Å². The van der Waals surface area contributed by atoms with Crippen LogP contribution in [0, 0.1) is 12.8 Å². The SMILES string of the molecule is CCOC(=O)c1ccc(NC(=O)C2CC3CCCN3C23C(=O)Nc2c(C)cccc23)cc1. The topological polar surface area (TPSA) is 87.7 Å². The number of fused-ring (bicyclic) bond motifs is 4. The Bertz CT molecular complexity index is 1100. The van der Waals surface area contributed by atoms with Gasteiger partial charge in [0.05, 0.1) is 18.1 Å². The quantitative estimate of drug-likeness (QED) is 0.722. The van der Waals surface area contributed by atoms with Gasteiger partial charge in [-0.15, -0.1) is 0 Å². The molecule has 7 nitrogen and oxygen atoms in total. The Morgan fingerprint density at radius 3 is 2.75 bits per heavy atom. The Kier molecular flexibility index (Phi) is 5.01. The average molecular weight is 434 g/mol. The molecule has 5 rings (SSSR count). The van der Waals surface area contributed by atoms with Crippen molar-refractivity contribution in [1.82, 2.24) is 4.90 Å². The largest absolute Gasteiger partial charge is 0.462 e. The molecule has 3 aliphatic heterocycles. The Morgan fingerprint density at radius 2 is 2.00 bits per heavy atom. The first kappa shape index (κ1) is 20.7. The number of para-hydroxylation sites is 1. The van der Waals surface area contributed by atoms with Crippen LogP contribution in [0.15, 0.2) is 42.5 Å². The van der Waals surface area contributed by atoms with Crippen LogP contribution in [-0.2, 0) is 19.9 Å². The highest BCUT2D eigenvalue weighted by Gasteiger charge is 2.65. The molecule has 0 aliphatic carbocycles. The lowest BCUT2D eigenvalue weighted by atomic mass is 9.78. The Hall–Kier alpha value is -3.19. The summed E-state index contributed by atoms with van der Waals surface area (Å²) in [5.41, 5.74) is 2.79. The first-order chi connectivity index (χ1) is 15.5. The number of esters is 1. The van der Waals surface area contributed by atoms with Gasteiger partial charge in [0.2, 0.25) is 11.8 Å². The number of carbonyl (C=O) groups excluding carboxylic acids is 3. The predicted octanol–water partition coefficient (Wildman–Crippen LogP) is 3.44. The first-order valence-electron chi connectivity index (χ1n) is 11.2. The lowest BCUT2D eigenvalue weighted by molar-refractivity contribution is -0.135. The van der Waals surface area contributed by atoms with E-state index in [0.29, 0.717) is 24.3 Å². The van der Waals surface area contributed by atoms with Crippen LogP contribution in [-0.4, -0.2) is 41.9 Å². The molecule has 2 N–H and O–H groups in total. The molecule has 2 fully saturated rings. The monoisotopic (exact) mass is 433 g/mol. The molecule has 3 heterocycles. The van der Waals surface area contributed by atoms with Gasteiger partial charge in [-0.3, -0.25) is 14.5 Å². The van der Waals surface area contributed by atoms with Crippen LogP contribution in [0.25, 0.3) is 0 Å². The van der Waals surface area contributed by atoms with Crippen molar-refractivity contribution in [3.8, 4) is 0 Å². The van der Waals surface area contributed by atoms with Gasteiger partial charge in [-0.05, 0) is 69.5 Å². The van der Waals surface area contributed by atoms with Gasteiger partial charge in [0, 0.05) is 23.0 Å². The van der Waals surface area contributed by atoms with Crippen molar-refractivity contribution in [3.05, 3.63) is 59.2 Å². The third kappa shape index (κ3) is 2.95. The number of ether oxygens (including phenoxy) is 1. The highest BCUT2D eigenvalue weighted by Crippen LogP contribution is 2.56. The highest BCUT2D eigenvalue weighted by atomic mass is 16.5. The van der Waals surface area contributed by atoms with Crippen LogP contribution in [0.3, 0.4) is 0 Å². The maximum Gasteiger partial charge on any atom is 0.338 e. The average Bonchev–Trinajstić information content (AvgIpc) is 3.44. The van der Waals surface area contributed by atoms with Crippen LogP contribution >= 0.6 is 0 Å². The standard InChI is InChI=1S/C25H27N3O4/c1-3-32-23(30)16-9-11-17(12-10-16)26-22(29)20-14-18-7-5-13-28(18)25(20)19-8-4-6-15(2)21(19)27-24(25)31/h4,6,8-12,18,20H,3,5,7,13-14H2,1-2H3,(H,26,29)(H,27,31). The molecular formula is C25H27N3O4. The number of aryl methyl sites for hydroxylation is 1. The molecule has 166 valence electrons. The number of rotatable bonds is 4. The Labute approximate surface area is 187 Å². The molecule has 2 saturated heterocycles. The maximum absolute atomic E-state index is 13.6. The fourth-order valence-corrected chi connectivity index (χ4v) is 5.73. The third-order valence-electron chi connectivity index (χ3n) is 7.09. The molecule has 0 bridgehead atoms. The second-order valence-electron chi connectivity index (χ2n) is 8.78. The van der Waals surface area contributed by atoms with E-state index in [4.69, 9.17) is 4.74 Å². The van der Waals surface area contributed by atoms with Crippen molar-refractivity contribution in [3.63, 3.8) is 0 Å². The van der Waals surface area contributed by atoms with Crippen molar-refractivity contribution >= 4 is 29.2 Å². The van der Waals surface area contributed by atoms with Gasteiger partial charge < -0.3 is 15.4 Å². The van der Waals surface area contributed by atoms with Gasteiger partial charge in [0.15, 0.2) is 0 Å². The summed E-state index contributed by atoms with van der Waals surface area (Å²) in [6.07, 6.45) is 2.67. The molecule has 32 heavy (non-hydrogen) atoms. The van der Waals surface area contributed by atoms with E-state index in [0.717, 1.165) is 36.2 Å². The molecular weight excluding hydrogens is 406 g/mol. The minimum Gasteiger partial charge on any atom is -0.462 e. The molecule has 0 aromatic heterocycles. The van der Waals surface area contributed by atoms with Gasteiger partial charge in [-0.25, -0.2) is 4.79 Å². The molecule has 0 radical (unpaired) electrons. The smallest absolute Gasteiger partial charge is 0.338 e. The zero-order valence-electron chi connectivity index (χ0n) is 18.3. The summed E-state index contributed by atoms with van der Waals surface area (Å²) in [4.78, 5) is 41.2. The van der Waals surface area contributed by atoms with E-state index >= 15 is 0 Å². The van der Waals surface area contributed by atoms with Crippen molar-refractivity contribution in [2.75, 3.05) is 23.8 Å². The van der Waals surface area contributed by atoms with Crippen molar-refractivity contribution < 1.29 is 19.1 Å². The molecule has 3 aliphatic rings. The van der Waals surface area contributed by atoms with Gasteiger partial charge in [0.1, 0.15) is 5.54 Å². The van der Waals surface area contributed by atoms with Crippen LogP contribution in [0.4, 0.5) is 11.4 Å². The number of hydrogen-bond donors (Lipinski definition) is 2. The van der Waals surface area contributed by atoms with Crippen molar-refractivity contribution in [2.24, 2.45) is 5.92 Å². The lowest BCUT2D eigenvalue weighted by Crippen LogP contribution is -2.53. The summed E-state index contributed by atoms with van der Waals surface area (Å²) < 4.78 is 5.01. The lowest BCUT2D eigenvalue weighted by Gasteiger charge is -2.36. The van der Waals surface area contributed by atoms with Gasteiger partial charge in [-0.1, -0.05) is 18.2 Å². The summed E-state index contributed by atoms with van der Waals surface area (Å²) >= 11 is 0. The van der Waals surface area contributed by atoms with Crippen molar-refractivity contribution in [1.29, 1.82) is 0 Å². The van der Waals surface area contributed by atoms with Gasteiger partial charge in [-0.2, -0.15) is 0 Å². The van der Waals surface area contributed by atoms with Gasteiger partial charge >= 0.3 is 5.97 Å². The summed E-state index contributed by atoms with van der Waals surface area (Å²) in [6, 6.07) is 12.8. The highest BCUT2D eigenvalue weighted by molar-refractivity contribution is 6.11. The molecule has 2 aromatic rings. The van der Waals surface area contributed by atoms with E-state index < -0.39 is 17.4 Å². The number of nitrogens with one attached hydrogen (secondary N) is 2. The van der Waals surface area contributed by atoms with E-state index in [-0.39, 0.29) is 17.9 Å². The fourth-order valence-electron chi connectivity index (χ4n) is 5.73.